The zero-order valence-electron chi connectivity index (χ0n) is 11.7. The predicted octanol–water partition coefficient (Wildman–Crippen LogP) is 1.93. The van der Waals surface area contributed by atoms with Crippen LogP contribution in [-0.2, 0) is 7.05 Å². The van der Waals surface area contributed by atoms with Gasteiger partial charge in [0.25, 0.3) is 0 Å². The first-order valence-electron chi connectivity index (χ1n) is 6.18. The number of rotatable bonds is 4. The first-order chi connectivity index (χ1) is 9.01. The van der Waals surface area contributed by atoms with Gasteiger partial charge < -0.3 is 5.73 Å². The molecule has 0 aliphatic heterocycles. The minimum Gasteiger partial charge on any atom is -0.329 e. The molecule has 2 aromatic rings. The minimum atomic E-state index is 0.134. The molecule has 0 spiro atoms. The maximum atomic E-state index is 5.85. The molecule has 0 saturated heterocycles. The highest BCUT2D eigenvalue weighted by atomic mass is 32.2. The van der Waals surface area contributed by atoms with Gasteiger partial charge in [0.05, 0.1) is 11.4 Å². The lowest BCUT2D eigenvalue weighted by molar-refractivity contribution is 0.766. The molecule has 2 N–H and O–H groups in total. The van der Waals surface area contributed by atoms with Crippen molar-refractivity contribution in [1.82, 2.24) is 19.7 Å². The van der Waals surface area contributed by atoms with E-state index in [1.165, 1.54) is 0 Å². The van der Waals surface area contributed by atoms with Crippen LogP contribution in [0.5, 0.6) is 0 Å². The molecular formula is C13H19N5S. The molecule has 0 aromatic carbocycles. The van der Waals surface area contributed by atoms with E-state index < -0.39 is 0 Å². The summed E-state index contributed by atoms with van der Waals surface area (Å²) in [5.41, 5.74) is 10.2. The largest absolute Gasteiger partial charge is 0.329 e. The Kier molecular flexibility index (Phi) is 4.21. The number of nitrogens with two attached hydrogens (primary N) is 1. The van der Waals surface area contributed by atoms with Crippen LogP contribution in [0.15, 0.2) is 17.6 Å². The lowest BCUT2D eigenvalue weighted by Gasteiger charge is -2.13. The Balaban J connectivity index is 2.23. The Morgan fingerprint density at radius 3 is 2.37 bits per heavy atom. The van der Waals surface area contributed by atoms with E-state index in [1.54, 1.807) is 16.4 Å². The van der Waals surface area contributed by atoms with Gasteiger partial charge in [0.15, 0.2) is 5.16 Å². The van der Waals surface area contributed by atoms with Crippen LogP contribution in [0, 0.1) is 20.8 Å². The van der Waals surface area contributed by atoms with Gasteiger partial charge in [0.1, 0.15) is 0 Å². The van der Waals surface area contributed by atoms with E-state index in [2.05, 4.69) is 15.1 Å². The summed E-state index contributed by atoms with van der Waals surface area (Å²) in [5.74, 6) is 0. The number of aryl methyl sites for hydroxylation is 3. The zero-order valence-corrected chi connectivity index (χ0v) is 12.5. The van der Waals surface area contributed by atoms with Crippen LogP contribution in [0.1, 0.15) is 27.8 Å². The topological polar surface area (TPSA) is 69.6 Å². The van der Waals surface area contributed by atoms with Crippen molar-refractivity contribution in [1.29, 1.82) is 0 Å². The van der Waals surface area contributed by atoms with Gasteiger partial charge in [0, 0.05) is 36.7 Å². The molecule has 0 fully saturated rings. The lowest BCUT2D eigenvalue weighted by atomic mass is 10.2. The highest BCUT2D eigenvalue weighted by molar-refractivity contribution is 7.99. The van der Waals surface area contributed by atoms with Crippen LogP contribution in [0.3, 0.4) is 0 Å². The molecule has 0 radical (unpaired) electrons. The molecular weight excluding hydrogens is 258 g/mol. The van der Waals surface area contributed by atoms with Crippen LogP contribution in [-0.4, -0.2) is 26.3 Å². The van der Waals surface area contributed by atoms with Gasteiger partial charge in [-0.1, -0.05) is 11.8 Å². The summed E-state index contributed by atoms with van der Waals surface area (Å²) < 4.78 is 1.78. The van der Waals surface area contributed by atoms with E-state index >= 15 is 0 Å². The van der Waals surface area contributed by atoms with E-state index in [4.69, 9.17) is 5.73 Å². The van der Waals surface area contributed by atoms with Crippen LogP contribution >= 0.6 is 11.8 Å². The molecule has 0 aliphatic rings. The summed E-state index contributed by atoms with van der Waals surface area (Å²) in [4.78, 5) is 9.05. The van der Waals surface area contributed by atoms with Gasteiger partial charge in [-0.15, -0.1) is 0 Å². The SMILES string of the molecule is Cc1nc(SC(CN)c2cnn(C)c2)nc(C)c1C. The second-order valence-electron chi connectivity index (χ2n) is 4.59. The molecule has 1 atom stereocenters. The Morgan fingerprint density at radius 1 is 1.26 bits per heavy atom. The van der Waals surface area contributed by atoms with Crippen LogP contribution < -0.4 is 5.73 Å². The average molecular weight is 277 g/mol. The van der Waals surface area contributed by atoms with Crippen LogP contribution in [0.4, 0.5) is 0 Å². The van der Waals surface area contributed by atoms with Crippen molar-refractivity contribution in [2.24, 2.45) is 12.8 Å². The average Bonchev–Trinajstić information content (AvgIpc) is 2.79. The van der Waals surface area contributed by atoms with Gasteiger partial charge in [0.2, 0.25) is 0 Å². The molecule has 0 bridgehead atoms. The molecule has 6 heteroatoms. The van der Waals surface area contributed by atoms with Crippen LogP contribution in [0.25, 0.3) is 0 Å². The normalized spacial score (nSPS) is 12.7. The van der Waals surface area contributed by atoms with E-state index in [0.29, 0.717) is 6.54 Å². The molecule has 0 amide bonds. The number of hydrogen-bond acceptors (Lipinski definition) is 5. The highest BCUT2D eigenvalue weighted by Crippen LogP contribution is 2.32. The summed E-state index contributed by atoms with van der Waals surface area (Å²) in [5, 5.41) is 5.10. The van der Waals surface area contributed by atoms with Gasteiger partial charge in [-0.25, -0.2) is 9.97 Å². The summed E-state index contributed by atoms with van der Waals surface area (Å²) in [6.45, 7) is 6.59. The monoisotopic (exact) mass is 277 g/mol. The number of hydrogen-bond donors (Lipinski definition) is 1. The van der Waals surface area contributed by atoms with E-state index in [-0.39, 0.29) is 5.25 Å². The summed E-state index contributed by atoms with van der Waals surface area (Å²) in [6, 6.07) is 0. The van der Waals surface area contributed by atoms with Crippen molar-refractivity contribution in [3.63, 3.8) is 0 Å². The fourth-order valence-electron chi connectivity index (χ4n) is 1.78. The molecule has 1 unspecified atom stereocenters. The Bertz CT molecular complexity index is 555. The first-order valence-corrected chi connectivity index (χ1v) is 7.06. The van der Waals surface area contributed by atoms with Gasteiger partial charge >= 0.3 is 0 Å². The molecule has 102 valence electrons. The lowest BCUT2D eigenvalue weighted by Crippen LogP contribution is -2.10. The smallest absolute Gasteiger partial charge is 0.188 e. The zero-order chi connectivity index (χ0) is 14.0. The van der Waals surface area contributed by atoms with Crippen molar-refractivity contribution in [3.05, 3.63) is 34.9 Å². The molecule has 2 aromatic heterocycles. The third-order valence-corrected chi connectivity index (χ3v) is 4.31. The Hall–Kier alpha value is -1.40. The second kappa shape index (κ2) is 5.71. The quantitative estimate of drug-likeness (QED) is 0.683. The van der Waals surface area contributed by atoms with Crippen molar-refractivity contribution in [3.8, 4) is 0 Å². The van der Waals surface area contributed by atoms with Crippen molar-refractivity contribution < 1.29 is 0 Å². The summed E-state index contributed by atoms with van der Waals surface area (Å²) >= 11 is 1.59. The fraction of sp³-hybridized carbons (Fsp3) is 0.462. The summed E-state index contributed by atoms with van der Waals surface area (Å²) in [7, 11) is 1.90. The highest BCUT2D eigenvalue weighted by Gasteiger charge is 2.16. The second-order valence-corrected chi connectivity index (χ2v) is 5.76. The van der Waals surface area contributed by atoms with Gasteiger partial charge in [-0.2, -0.15) is 5.10 Å². The third kappa shape index (κ3) is 3.13. The van der Waals surface area contributed by atoms with Crippen molar-refractivity contribution in [2.75, 3.05) is 6.54 Å². The van der Waals surface area contributed by atoms with Crippen molar-refractivity contribution >= 4 is 11.8 Å². The van der Waals surface area contributed by atoms with E-state index in [0.717, 1.165) is 27.7 Å². The number of thioether (sulfide) groups is 1. The Morgan fingerprint density at radius 2 is 1.89 bits per heavy atom. The first kappa shape index (κ1) is 14.0. The number of nitrogens with zero attached hydrogens (tertiary/aromatic N) is 4. The predicted molar refractivity (Wildman–Crippen MR) is 77.1 cm³/mol. The standard InChI is InChI=1S/C13H19N5S/c1-8-9(2)16-13(17-10(8)3)19-12(5-14)11-6-15-18(4)7-11/h6-7,12H,5,14H2,1-4H3. The maximum absolute atomic E-state index is 5.85. The minimum absolute atomic E-state index is 0.134. The number of aromatic nitrogens is 4. The van der Waals surface area contributed by atoms with E-state index in [1.807, 2.05) is 40.2 Å². The molecule has 0 aliphatic carbocycles. The van der Waals surface area contributed by atoms with Crippen LogP contribution in [0.2, 0.25) is 0 Å². The summed E-state index contributed by atoms with van der Waals surface area (Å²) in [6.07, 6.45) is 3.83. The maximum Gasteiger partial charge on any atom is 0.188 e. The van der Waals surface area contributed by atoms with Crippen molar-refractivity contribution in [2.45, 2.75) is 31.2 Å². The molecule has 0 saturated carbocycles. The molecule has 19 heavy (non-hydrogen) atoms. The Labute approximate surface area is 117 Å². The fourth-order valence-corrected chi connectivity index (χ4v) is 2.77. The van der Waals surface area contributed by atoms with Gasteiger partial charge in [-0.05, 0) is 26.3 Å². The molecule has 2 heterocycles. The molecule has 5 nitrogen and oxygen atoms in total. The van der Waals surface area contributed by atoms with E-state index in [9.17, 15) is 0 Å². The molecule has 2 rings (SSSR count). The third-order valence-electron chi connectivity index (χ3n) is 3.17. The van der Waals surface area contributed by atoms with Gasteiger partial charge in [-0.3, -0.25) is 4.68 Å².